The van der Waals surface area contributed by atoms with E-state index >= 15 is 0 Å². The van der Waals surface area contributed by atoms with E-state index in [1.807, 2.05) is 6.07 Å². The third kappa shape index (κ3) is 2.78. The highest BCUT2D eigenvalue weighted by molar-refractivity contribution is 9.10. The number of phenolic OH excluding ortho intramolecular Hbond substituents is 1. The van der Waals surface area contributed by atoms with Gasteiger partial charge in [-0.15, -0.1) is 12.4 Å². The van der Waals surface area contributed by atoms with Crippen LogP contribution in [-0.2, 0) is 0 Å². The van der Waals surface area contributed by atoms with Gasteiger partial charge in [-0.05, 0) is 30.9 Å². The normalized spacial score (nSPS) is 17.0. The molecule has 2 nitrogen and oxygen atoms in total. The van der Waals surface area contributed by atoms with Crippen LogP contribution in [0.3, 0.4) is 0 Å². The lowest BCUT2D eigenvalue weighted by molar-refractivity contribution is 0.456. The Hall–Kier alpha value is 0.0400. The fourth-order valence-corrected chi connectivity index (χ4v) is 2.38. The molecular weight excluding hydrogens is 301 g/mol. The molecule has 2 rings (SSSR count). The van der Waals surface area contributed by atoms with Crippen LogP contribution in [0.1, 0.15) is 24.4 Å². The second-order valence-electron chi connectivity index (χ2n) is 3.69. The van der Waals surface area contributed by atoms with Crippen molar-refractivity contribution in [1.82, 2.24) is 0 Å². The van der Waals surface area contributed by atoms with Gasteiger partial charge < -0.3 is 10.8 Å². The molecule has 0 spiro atoms. The van der Waals surface area contributed by atoms with Crippen molar-refractivity contribution in [1.29, 1.82) is 0 Å². The molecular formula is C10H12BrCl2NO. The second-order valence-corrected chi connectivity index (χ2v) is 5.01. The zero-order valence-electron chi connectivity index (χ0n) is 7.91. The summed E-state index contributed by atoms with van der Waals surface area (Å²) in [6.07, 6.45) is 2.29. The van der Waals surface area contributed by atoms with E-state index < -0.39 is 0 Å². The van der Waals surface area contributed by atoms with E-state index in [4.69, 9.17) is 17.3 Å². The molecule has 1 fully saturated rings. The summed E-state index contributed by atoms with van der Waals surface area (Å²) in [6, 6.07) is 3.41. The summed E-state index contributed by atoms with van der Waals surface area (Å²) in [5, 5.41) is 10.1. The van der Waals surface area contributed by atoms with Crippen molar-refractivity contribution >= 4 is 39.9 Å². The molecule has 1 saturated carbocycles. The fraction of sp³-hybridized carbons (Fsp3) is 0.400. The van der Waals surface area contributed by atoms with E-state index in [0.717, 1.165) is 22.9 Å². The number of hydrogen-bond acceptors (Lipinski definition) is 2. The first-order valence-electron chi connectivity index (χ1n) is 4.53. The van der Waals surface area contributed by atoms with Crippen molar-refractivity contribution in [3.05, 3.63) is 27.2 Å². The van der Waals surface area contributed by atoms with Gasteiger partial charge in [-0.25, -0.2) is 0 Å². The molecule has 1 atom stereocenters. The molecule has 0 aromatic heterocycles. The molecule has 0 unspecified atom stereocenters. The van der Waals surface area contributed by atoms with E-state index in [1.165, 1.54) is 0 Å². The van der Waals surface area contributed by atoms with Gasteiger partial charge in [-0.1, -0.05) is 27.5 Å². The first-order chi connectivity index (χ1) is 6.59. The average Bonchev–Trinajstić information content (AvgIpc) is 2.93. The Morgan fingerprint density at radius 3 is 2.60 bits per heavy atom. The molecule has 1 aliphatic carbocycles. The Balaban J connectivity index is 0.00000112. The van der Waals surface area contributed by atoms with Gasteiger partial charge in [-0.2, -0.15) is 0 Å². The molecule has 5 heteroatoms. The molecule has 1 aromatic carbocycles. The van der Waals surface area contributed by atoms with Crippen molar-refractivity contribution in [2.24, 2.45) is 11.7 Å². The lowest BCUT2D eigenvalue weighted by atomic mass is 10.0. The quantitative estimate of drug-likeness (QED) is 0.875. The number of aromatic hydroxyl groups is 1. The molecule has 0 amide bonds. The summed E-state index contributed by atoms with van der Waals surface area (Å²) in [4.78, 5) is 0. The minimum atomic E-state index is -0.0926. The molecule has 0 bridgehead atoms. The molecule has 3 N–H and O–H groups in total. The van der Waals surface area contributed by atoms with Crippen LogP contribution in [0.2, 0.25) is 5.02 Å². The molecule has 1 aromatic rings. The molecule has 1 aliphatic rings. The average molecular weight is 313 g/mol. The van der Waals surface area contributed by atoms with Crippen molar-refractivity contribution in [2.45, 2.75) is 18.9 Å². The maximum Gasteiger partial charge on any atom is 0.139 e. The molecule has 84 valence electrons. The lowest BCUT2D eigenvalue weighted by Crippen LogP contribution is -2.12. The number of hydrogen-bond donors (Lipinski definition) is 2. The Morgan fingerprint density at radius 1 is 1.47 bits per heavy atom. The van der Waals surface area contributed by atoms with Crippen LogP contribution in [-0.4, -0.2) is 5.11 Å². The number of benzene rings is 1. The number of nitrogens with two attached hydrogens (primary N) is 1. The summed E-state index contributed by atoms with van der Waals surface area (Å²) in [5.41, 5.74) is 6.74. The predicted molar refractivity (Wildman–Crippen MR) is 67.7 cm³/mol. The van der Waals surface area contributed by atoms with Gasteiger partial charge in [0.2, 0.25) is 0 Å². The maximum atomic E-state index is 9.74. The number of halogens is 3. The predicted octanol–water partition coefficient (Wildman–Crippen LogP) is 3.64. The fourth-order valence-electron chi connectivity index (χ4n) is 1.55. The number of rotatable bonds is 2. The zero-order chi connectivity index (χ0) is 10.3. The summed E-state index contributed by atoms with van der Waals surface area (Å²) in [6.45, 7) is 0. The first-order valence-corrected chi connectivity index (χ1v) is 5.70. The van der Waals surface area contributed by atoms with E-state index in [1.54, 1.807) is 6.07 Å². The van der Waals surface area contributed by atoms with Gasteiger partial charge in [0.25, 0.3) is 0 Å². The van der Waals surface area contributed by atoms with E-state index in [9.17, 15) is 5.11 Å². The van der Waals surface area contributed by atoms with Gasteiger partial charge >= 0.3 is 0 Å². The van der Waals surface area contributed by atoms with Gasteiger partial charge in [0, 0.05) is 16.1 Å². The highest BCUT2D eigenvalue weighted by atomic mass is 79.9. The monoisotopic (exact) mass is 311 g/mol. The van der Waals surface area contributed by atoms with Gasteiger partial charge in [0.15, 0.2) is 0 Å². The van der Waals surface area contributed by atoms with Crippen LogP contribution in [0.15, 0.2) is 16.6 Å². The third-order valence-corrected chi connectivity index (χ3v) is 3.29. The number of phenols is 1. The van der Waals surface area contributed by atoms with Crippen LogP contribution in [0.5, 0.6) is 5.75 Å². The molecule has 15 heavy (non-hydrogen) atoms. The summed E-state index contributed by atoms with van der Waals surface area (Å²) < 4.78 is 0.853. The van der Waals surface area contributed by atoms with Crippen LogP contribution in [0.25, 0.3) is 0 Å². The standard InChI is InChI=1S/C10H11BrClNO.ClH/c11-6-3-7(9(13)5-1-2-5)10(14)8(12)4-6;/h3-5,9,14H,1-2,13H2;1H/t9-;/m0./s1. The summed E-state index contributed by atoms with van der Waals surface area (Å²) in [7, 11) is 0. The van der Waals surface area contributed by atoms with Crippen molar-refractivity contribution < 1.29 is 5.11 Å². The van der Waals surface area contributed by atoms with Gasteiger partial charge in [-0.3, -0.25) is 0 Å². The summed E-state index contributed by atoms with van der Waals surface area (Å²) >= 11 is 9.19. The Labute approximate surface area is 108 Å². The van der Waals surface area contributed by atoms with Crippen molar-refractivity contribution in [3.63, 3.8) is 0 Å². The van der Waals surface area contributed by atoms with Crippen LogP contribution in [0, 0.1) is 5.92 Å². The Bertz CT molecular complexity index is 369. The van der Waals surface area contributed by atoms with Gasteiger partial charge in [0.05, 0.1) is 5.02 Å². The first kappa shape index (κ1) is 13.1. The van der Waals surface area contributed by atoms with Crippen LogP contribution >= 0.6 is 39.9 Å². The minimum absolute atomic E-state index is 0. The lowest BCUT2D eigenvalue weighted by Gasteiger charge is -2.14. The topological polar surface area (TPSA) is 46.2 Å². The van der Waals surface area contributed by atoms with Crippen LogP contribution in [0.4, 0.5) is 0 Å². The maximum absolute atomic E-state index is 9.74. The SMILES string of the molecule is Cl.N[C@H](c1cc(Br)cc(Cl)c1O)C1CC1. The molecule has 0 aliphatic heterocycles. The minimum Gasteiger partial charge on any atom is -0.506 e. The zero-order valence-corrected chi connectivity index (χ0v) is 11.1. The Kier molecular flexibility index (Phi) is 4.29. The van der Waals surface area contributed by atoms with E-state index in [0.29, 0.717) is 10.9 Å². The highest BCUT2D eigenvalue weighted by Crippen LogP contribution is 2.44. The molecule has 0 heterocycles. The van der Waals surface area contributed by atoms with E-state index in [-0.39, 0.29) is 24.2 Å². The molecule has 0 radical (unpaired) electrons. The summed E-state index contributed by atoms with van der Waals surface area (Å²) in [5.74, 6) is 0.625. The van der Waals surface area contributed by atoms with Crippen LogP contribution < -0.4 is 5.73 Å². The second kappa shape index (κ2) is 4.91. The van der Waals surface area contributed by atoms with Crippen molar-refractivity contribution in [3.8, 4) is 5.75 Å². The molecule has 0 saturated heterocycles. The highest BCUT2D eigenvalue weighted by Gasteiger charge is 2.31. The largest absolute Gasteiger partial charge is 0.506 e. The third-order valence-electron chi connectivity index (χ3n) is 2.55. The smallest absolute Gasteiger partial charge is 0.139 e. The van der Waals surface area contributed by atoms with Gasteiger partial charge in [0.1, 0.15) is 5.75 Å². The Morgan fingerprint density at radius 2 is 2.07 bits per heavy atom. The van der Waals surface area contributed by atoms with E-state index in [2.05, 4.69) is 15.9 Å². The van der Waals surface area contributed by atoms with Crippen molar-refractivity contribution in [2.75, 3.05) is 0 Å².